The van der Waals surface area contributed by atoms with Crippen molar-refractivity contribution in [3.8, 4) is 11.3 Å². The second kappa shape index (κ2) is 5.18. The Morgan fingerprint density at radius 3 is 2.59 bits per heavy atom. The van der Waals surface area contributed by atoms with Crippen LogP contribution in [0.4, 0.5) is 13.2 Å². The van der Waals surface area contributed by atoms with E-state index in [0.29, 0.717) is 17.2 Å². The number of hydrogen-bond donors (Lipinski definition) is 0. The summed E-state index contributed by atoms with van der Waals surface area (Å²) in [5, 5.41) is 0.478. The van der Waals surface area contributed by atoms with Crippen LogP contribution in [0.5, 0.6) is 0 Å². The van der Waals surface area contributed by atoms with Crippen molar-refractivity contribution in [3.05, 3.63) is 54.1 Å². The number of fused-ring (bicyclic) bond motifs is 1. The third kappa shape index (κ3) is 2.41. The Morgan fingerprint density at radius 2 is 1.86 bits per heavy atom. The topological polar surface area (TPSA) is 55.7 Å². The molecule has 3 aromatic rings. The fourth-order valence-electron chi connectivity index (χ4n) is 2.18. The molecular weight excluding hydrogens is 295 g/mol. The van der Waals surface area contributed by atoms with Gasteiger partial charge in [0.25, 0.3) is 0 Å². The van der Waals surface area contributed by atoms with Crippen molar-refractivity contribution in [2.24, 2.45) is 0 Å². The normalized spacial score (nSPS) is 11.6. The fraction of sp³-hybridized carbons (Fsp3) is 0.0667. The molecule has 0 aliphatic carbocycles. The molecule has 2 aromatic heterocycles. The Labute approximate surface area is 122 Å². The number of alkyl halides is 3. The van der Waals surface area contributed by atoms with Crippen molar-refractivity contribution >= 4 is 17.2 Å². The predicted molar refractivity (Wildman–Crippen MR) is 73.2 cm³/mol. The SMILES string of the molecule is O=Cc1ncnc2cc(-c3ncccc3C(F)(F)F)ccc12. The molecule has 4 nitrogen and oxygen atoms in total. The molecule has 0 aliphatic rings. The standard InChI is InChI=1S/C15H8F3N3O/c16-15(17,18)11-2-1-5-19-14(11)9-3-4-10-12(6-9)20-8-21-13(10)7-22/h1-8H. The van der Waals surface area contributed by atoms with Gasteiger partial charge in [-0.25, -0.2) is 9.97 Å². The van der Waals surface area contributed by atoms with Gasteiger partial charge in [-0.3, -0.25) is 9.78 Å². The molecule has 0 atom stereocenters. The molecule has 0 spiro atoms. The second-order valence-electron chi connectivity index (χ2n) is 4.51. The maximum Gasteiger partial charge on any atom is 0.418 e. The summed E-state index contributed by atoms with van der Waals surface area (Å²) in [6, 6.07) is 6.66. The summed E-state index contributed by atoms with van der Waals surface area (Å²) in [5.74, 6) is 0. The van der Waals surface area contributed by atoms with Gasteiger partial charge >= 0.3 is 6.18 Å². The molecule has 110 valence electrons. The van der Waals surface area contributed by atoms with Gasteiger partial charge in [0.05, 0.1) is 16.8 Å². The number of halogens is 3. The van der Waals surface area contributed by atoms with Crippen molar-refractivity contribution in [1.82, 2.24) is 15.0 Å². The Bertz CT molecular complexity index is 862. The lowest BCUT2D eigenvalue weighted by molar-refractivity contribution is -0.137. The van der Waals surface area contributed by atoms with Gasteiger partial charge in [0.2, 0.25) is 0 Å². The van der Waals surface area contributed by atoms with Gasteiger partial charge in [-0.05, 0) is 24.3 Å². The van der Waals surface area contributed by atoms with Crippen molar-refractivity contribution in [2.45, 2.75) is 6.18 Å². The number of aromatic nitrogens is 3. The van der Waals surface area contributed by atoms with Crippen LogP contribution in [-0.4, -0.2) is 21.2 Å². The average molecular weight is 303 g/mol. The number of pyridine rings is 1. The highest BCUT2D eigenvalue weighted by molar-refractivity contribution is 5.95. The Balaban J connectivity index is 2.22. The van der Waals surface area contributed by atoms with E-state index in [9.17, 15) is 18.0 Å². The molecule has 0 bridgehead atoms. The minimum absolute atomic E-state index is 0.178. The van der Waals surface area contributed by atoms with Gasteiger partial charge in [-0.15, -0.1) is 0 Å². The number of benzene rings is 1. The summed E-state index contributed by atoms with van der Waals surface area (Å²) in [4.78, 5) is 22.5. The van der Waals surface area contributed by atoms with E-state index in [1.54, 1.807) is 0 Å². The summed E-state index contributed by atoms with van der Waals surface area (Å²) in [5.41, 5.74) is -0.153. The van der Waals surface area contributed by atoms with E-state index < -0.39 is 11.7 Å². The van der Waals surface area contributed by atoms with Crippen molar-refractivity contribution in [1.29, 1.82) is 0 Å². The van der Waals surface area contributed by atoms with E-state index in [-0.39, 0.29) is 17.0 Å². The van der Waals surface area contributed by atoms with Crippen LogP contribution in [0.2, 0.25) is 0 Å². The molecular formula is C15H8F3N3O. The molecule has 0 saturated carbocycles. The summed E-state index contributed by atoms with van der Waals surface area (Å²) in [7, 11) is 0. The van der Waals surface area contributed by atoms with Crippen LogP contribution in [0.15, 0.2) is 42.9 Å². The molecule has 0 unspecified atom stereocenters. The van der Waals surface area contributed by atoms with Crippen molar-refractivity contribution in [2.75, 3.05) is 0 Å². The van der Waals surface area contributed by atoms with Crippen LogP contribution in [-0.2, 0) is 6.18 Å². The first-order valence-corrected chi connectivity index (χ1v) is 6.23. The molecule has 0 fully saturated rings. The zero-order valence-corrected chi connectivity index (χ0v) is 11.0. The fourth-order valence-corrected chi connectivity index (χ4v) is 2.18. The molecule has 22 heavy (non-hydrogen) atoms. The van der Waals surface area contributed by atoms with Gasteiger partial charge in [0, 0.05) is 17.1 Å². The van der Waals surface area contributed by atoms with Gasteiger partial charge in [-0.2, -0.15) is 13.2 Å². The van der Waals surface area contributed by atoms with Gasteiger partial charge in [0.1, 0.15) is 12.0 Å². The van der Waals surface area contributed by atoms with Crippen LogP contribution in [0.3, 0.4) is 0 Å². The van der Waals surface area contributed by atoms with E-state index in [4.69, 9.17) is 0 Å². The Kier molecular flexibility index (Phi) is 3.32. The largest absolute Gasteiger partial charge is 0.418 e. The molecule has 1 aromatic carbocycles. The predicted octanol–water partition coefficient (Wildman–Crippen LogP) is 3.52. The van der Waals surface area contributed by atoms with E-state index in [1.807, 2.05) is 0 Å². The van der Waals surface area contributed by atoms with Gasteiger partial charge < -0.3 is 0 Å². The molecule has 0 saturated heterocycles. The number of carbonyl (C=O) groups is 1. The minimum atomic E-state index is -4.50. The van der Waals surface area contributed by atoms with E-state index >= 15 is 0 Å². The Hall–Kier alpha value is -2.83. The lowest BCUT2D eigenvalue weighted by Crippen LogP contribution is -2.08. The number of aldehydes is 1. The van der Waals surface area contributed by atoms with E-state index in [2.05, 4.69) is 15.0 Å². The van der Waals surface area contributed by atoms with E-state index in [1.165, 1.54) is 36.8 Å². The first-order chi connectivity index (χ1) is 10.5. The minimum Gasteiger partial charge on any atom is -0.296 e. The second-order valence-corrected chi connectivity index (χ2v) is 4.51. The summed E-state index contributed by atoms with van der Waals surface area (Å²) >= 11 is 0. The lowest BCUT2D eigenvalue weighted by atomic mass is 10.0. The quantitative estimate of drug-likeness (QED) is 0.680. The van der Waals surface area contributed by atoms with Crippen LogP contribution in [0.25, 0.3) is 22.2 Å². The molecule has 0 amide bonds. The van der Waals surface area contributed by atoms with Crippen molar-refractivity contribution < 1.29 is 18.0 Å². The summed E-state index contributed by atoms with van der Waals surface area (Å²) in [6.07, 6.45) is -1.44. The summed E-state index contributed by atoms with van der Waals surface area (Å²) in [6.45, 7) is 0. The molecule has 0 aliphatic heterocycles. The zero-order chi connectivity index (χ0) is 15.7. The Morgan fingerprint density at radius 1 is 1.05 bits per heavy atom. The first-order valence-electron chi connectivity index (χ1n) is 6.23. The first kappa shape index (κ1) is 14.1. The smallest absolute Gasteiger partial charge is 0.296 e. The summed E-state index contributed by atoms with van der Waals surface area (Å²) < 4.78 is 39.2. The molecule has 3 rings (SSSR count). The lowest BCUT2D eigenvalue weighted by Gasteiger charge is -2.12. The van der Waals surface area contributed by atoms with Crippen molar-refractivity contribution in [3.63, 3.8) is 0 Å². The third-order valence-electron chi connectivity index (χ3n) is 3.17. The molecule has 0 radical (unpaired) electrons. The average Bonchev–Trinajstić information content (AvgIpc) is 2.53. The van der Waals surface area contributed by atoms with Crippen LogP contribution < -0.4 is 0 Å². The van der Waals surface area contributed by atoms with Gasteiger partial charge in [0.15, 0.2) is 6.29 Å². The number of rotatable bonds is 2. The highest BCUT2D eigenvalue weighted by atomic mass is 19.4. The van der Waals surface area contributed by atoms with Crippen LogP contribution in [0.1, 0.15) is 16.1 Å². The third-order valence-corrected chi connectivity index (χ3v) is 3.17. The highest BCUT2D eigenvalue weighted by Crippen LogP contribution is 2.36. The molecule has 0 N–H and O–H groups in total. The highest BCUT2D eigenvalue weighted by Gasteiger charge is 2.34. The zero-order valence-electron chi connectivity index (χ0n) is 11.0. The maximum absolute atomic E-state index is 13.1. The number of hydrogen-bond acceptors (Lipinski definition) is 4. The number of carbonyl (C=O) groups excluding carboxylic acids is 1. The van der Waals surface area contributed by atoms with Crippen LogP contribution in [0, 0.1) is 0 Å². The van der Waals surface area contributed by atoms with Gasteiger partial charge in [-0.1, -0.05) is 6.07 Å². The number of nitrogens with zero attached hydrogens (tertiary/aromatic N) is 3. The van der Waals surface area contributed by atoms with Crippen LogP contribution >= 0.6 is 0 Å². The maximum atomic E-state index is 13.1. The van der Waals surface area contributed by atoms with E-state index in [0.717, 1.165) is 6.07 Å². The monoisotopic (exact) mass is 303 g/mol. The molecule has 7 heteroatoms. The molecule has 2 heterocycles.